The number of nitrogens with zero attached hydrogens (tertiary/aromatic N) is 3. The molecule has 0 aliphatic carbocycles. The zero-order valence-electron chi connectivity index (χ0n) is 19.2. The number of carbonyl (C=O) groups is 1. The number of hydrogen-bond donors (Lipinski definition) is 0. The number of fused-ring (bicyclic) bond motifs is 3. The van der Waals surface area contributed by atoms with Crippen molar-refractivity contribution < 1.29 is 14.3 Å². The van der Waals surface area contributed by atoms with E-state index in [0.717, 1.165) is 27.9 Å². The molecule has 4 heterocycles. The van der Waals surface area contributed by atoms with E-state index in [9.17, 15) is 14.4 Å². The minimum Gasteiger partial charge on any atom is -0.487 e. The van der Waals surface area contributed by atoms with Crippen molar-refractivity contribution in [1.29, 1.82) is 0 Å². The van der Waals surface area contributed by atoms with E-state index in [4.69, 9.17) is 9.47 Å². The molecule has 3 aliphatic heterocycles. The van der Waals surface area contributed by atoms with Crippen LogP contribution in [-0.2, 0) is 18.8 Å². The SMILES string of the molecule is Cc1ccc2c(c1)OC(C)(C)[C@H]1CC3(CO[C@H]21)CN(C(=O)c1cc(=O)n(C)c(=O)n1C)C3. The molecule has 1 amide bonds. The van der Waals surface area contributed by atoms with Crippen molar-refractivity contribution in [3.8, 4) is 5.75 Å². The highest BCUT2D eigenvalue weighted by molar-refractivity contribution is 5.93. The van der Waals surface area contributed by atoms with Gasteiger partial charge in [-0.1, -0.05) is 12.1 Å². The second-order valence-electron chi connectivity index (χ2n) is 10.2. The van der Waals surface area contributed by atoms with Gasteiger partial charge in [0, 0.05) is 50.1 Å². The lowest BCUT2D eigenvalue weighted by molar-refractivity contribution is -0.191. The molecule has 0 radical (unpaired) electrons. The summed E-state index contributed by atoms with van der Waals surface area (Å²) in [5, 5.41) is 0. The fourth-order valence-electron chi connectivity index (χ4n) is 5.48. The normalized spacial score (nSPS) is 24.8. The van der Waals surface area contributed by atoms with Gasteiger partial charge in [-0.2, -0.15) is 0 Å². The van der Waals surface area contributed by atoms with E-state index >= 15 is 0 Å². The van der Waals surface area contributed by atoms with Crippen LogP contribution in [0.4, 0.5) is 0 Å². The second-order valence-corrected chi connectivity index (χ2v) is 10.2. The molecule has 2 aromatic rings. The number of aromatic nitrogens is 2. The molecule has 0 saturated carbocycles. The average Bonchev–Trinajstić information content (AvgIpc) is 2.72. The summed E-state index contributed by atoms with van der Waals surface area (Å²) in [5.41, 5.74) is 0.853. The lowest BCUT2D eigenvalue weighted by atomic mass is 9.64. The number of amides is 1. The molecular weight excluding hydrogens is 410 g/mol. The van der Waals surface area contributed by atoms with E-state index in [1.165, 1.54) is 24.7 Å². The Morgan fingerprint density at radius 2 is 1.81 bits per heavy atom. The summed E-state index contributed by atoms with van der Waals surface area (Å²) in [6, 6.07) is 7.49. The van der Waals surface area contributed by atoms with E-state index in [0.29, 0.717) is 19.7 Å². The van der Waals surface area contributed by atoms with E-state index in [1.807, 2.05) is 0 Å². The first-order valence-corrected chi connectivity index (χ1v) is 11.0. The third-order valence-electron chi connectivity index (χ3n) is 7.41. The van der Waals surface area contributed by atoms with Crippen LogP contribution in [0.1, 0.15) is 48.0 Å². The van der Waals surface area contributed by atoms with Crippen molar-refractivity contribution in [1.82, 2.24) is 14.0 Å². The molecule has 8 nitrogen and oxygen atoms in total. The Bertz CT molecular complexity index is 1240. The number of likely N-dealkylation sites (tertiary alicyclic amines) is 1. The highest BCUT2D eigenvalue weighted by atomic mass is 16.5. The molecule has 2 saturated heterocycles. The first kappa shape index (κ1) is 21.0. The van der Waals surface area contributed by atoms with Crippen molar-refractivity contribution >= 4 is 5.91 Å². The van der Waals surface area contributed by atoms with Gasteiger partial charge in [0.2, 0.25) is 0 Å². The van der Waals surface area contributed by atoms with Gasteiger partial charge in [0.25, 0.3) is 11.5 Å². The summed E-state index contributed by atoms with van der Waals surface area (Å²) in [6.45, 7) is 7.91. The van der Waals surface area contributed by atoms with Gasteiger partial charge in [-0.05, 0) is 38.8 Å². The fraction of sp³-hybridized carbons (Fsp3) is 0.542. The predicted octanol–water partition coefficient (Wildman–Crippen LogP) is 1.78. The third-order valence-corrected chi connectivity index (χ3v) is 7.41. The predicted molar refractivity (Wildman–Crippen MR) is 118 cm³/mol. The van der Waals surface area contributed by atoms with E-state index < -0.39 is 16.9 Å². The van der Waals surface area contributed by atoms with Crippen LogP contribution in [0.15, 0.2) is 33.9 Å². The lowest BCUT2D eigenvalue weighted by Gasteiger charge is -2.58. The van der Waals surface area contributed by atoms with Gasteiger partial charge in [-0.15, -0.1) is 0 Å². The van der Waals surface area contributed by atoms with Gasteiger partial charge in [0.1, 0.15) is 17.0 Å². The number of carbonyl (C=O) groups excluding carboxylic acids is 1. The van der Waals surface area contributed by atoms with Crippen molar-refractivity contribution in [2.75, 3.05) is 19.7 Å². The zero-order valence-corrected chi connectivity index (χ0v) is 19.2. The van der Waals surface area contributed by atoms with Crippen LogP contribution in [0.2, 0.25) is 0 Å². The van der Waals surface area contributed by atoms with E-state index in [-0.39, 0.29) is 29.0 Å². The van der Waals surface area contributed by atoms with Gasteiger partial charge < -0.3 is 14.4 Å². The smallest absolute Gasteiger partial charge is 0.331 e. The number of rotatable bonds is 1. The molecule has 0 N–H and O–H groups in total. The van der Waals surface area contributed by atoms with Crippen molar-refractivity contribution in [2.45, 2.75) is 38.9 Å². The quantitative estimate of drug-likeness (QED) is 0.677. The second kappa shape index (κ2) is 6.81. The van der Waals surface area contributed by atoms with Crippen molar-refractivity contribution in [3.63, 3.8) is 0 Å². The van der Waals surface area contributed by atoms with Crippen LogP contribution in [0, 0.1) is 18.3 Å². The van der Waals surface area contributed by atoms with Crippen molar-refractivity contribution in [2.24, 2.45) is 25.4 Å². The number of benzene rings is 1. The maximum atomic E-state index is 13.0. The number of ether oxygens (including phenoxy) is 2. The minimum absolute atomic E-state index is 0.0253. The third kappa shape index (κ3) is 3.03. The Morgan fingerprint density at radius 1 is 1.09 bits per heavy atom. The highest BCUT2D eigenvalue weighted by Crippen LogP contribution is 2.55. The molecule has 0 bridgehead atoms. The summed E-state index contributed by atoms with van der Waals surface area (Å²) < 4.78 is 15.0. The summed E-state index contributed by atoms with van der Waals surface area (Å²) in [7, 11) is 2.92. The van der Waals surface area contributed by atoms with Crippen molar-refractivity contribution in [3.05, 3.63) is 61.9 Å². The summed E-state index contributed by atoms with van der Waals surface area (Å²) >= 11 is 0. The Kier molecular flexibility index (Phi) is 4.47. The Morgan fingerprint density at radius 3 is 2.53 bits per heavy atom. The highest BCUT2D eigenvalue weighted by Gasteiger charge is 2.56. The molecule has 1 aromatic heterocycles. The molecule has 8 heteroatoms. The van der Waals surface area contributed by atoms with Crippen LogP contribution in [0.5, 0.6) is 5.75 Å². The lowest BCUT2D eigenvalue weighted by Crippen LogP contribution is -2.65. The Labute approximate surface area is 186 Å². The molecule has 1 aromatic carbocycles. The first-order valence-electron chi connectivity index (χ1n) is 11.0. The summed E-state index contributed by atoms with van der Waals surface area (Å²) in [6.07, 6.45) is 0.861. The molecule has 2 atom stereocenters. The summed E-state index contributed by atoms with van der Waals surface area (Å²) in [4.78, 5) is 39.0. The molecule has 3 aliphatic rings. The average molecular weight is 440 g/mol. The monoisotopic (exact) mass is 439 g/mol. The van der Waals surface area contributed by atoms with Gasteiger partial charge in [-0.3, -0.25) is 18.7 Å². The maximum absolute atomic E-state index is 13.0. The molecule has 0 unspecified atom stereocenters. The number of aryl methyl sites for hydroxylation is 1. The van der Waals surface area contributed by atoms with Gasteiger partial charge in [-0.25, -0.2) is 4.79 Å². The topological polar surface area (TPSA) is 82.8 Å². The molecular formula is C24H29N3O5. The van der Waals surface area contributed by atoms with E-state index in [1.54, 1.807) is 4.90 Å². The number of hydrogen-bond acceptors (Lipinski definition) is 5. The van der Waals surface area contributed by atoms with Crippen LogP contribution in [0.3, 0.4) is 0 Å². The van der Waals surface area contributed by atoms with Gasteiger partial charge in [0.05, 0.1) is 12.7 Å². The van der Waals surface area contributed by atoms with Crippen LogP contribution >= 0.6 is 0 Å². The fourth-order valence-corrected chi connectivity index (χ4v) is 5.48. The molecule has 1 spiro atoms. The molecule has 5 rings (SSSR count). The van der Waals surface area contributed by atoms with E-state index in [2.05, 4.69) is 39.0 Å². The zero-order chi connectivity index (χ0) is 23.0. The molecule has 32 heavy (non-hydrogen) atoms. The largest absolute Gasteiger partial charge is 0.487 e. The maximum Gasteiger partial charge on any atom is 0.331 e. The van der Waals surface area contributed by atoms with Crippen LogP contribution in [0.25, 0.3) is 0 Å². The van der Waals surface area contributed by atoms with Crippen LogP contribution < -0.4 is 16.0 Å². The minimum atomic E-state index is -0.505. The molecule has 2 fully saturated rings. The molecule has 170 valence electrons. The summed E-state index contributed by atoms with van der Waals surface area (Å²) in [5.74, 6) is 0.760. The Hall–Kier alpha value is -2.87. The standard InChI is InChI=1S/C24H29N3O5/c1-14-6-7-15-18(8-14)32-23(2,3)16-10-24(13-31-20(15)16)11-27(12-24)21(29)17-9-19(28)26(5)22(30)25(17)4/h6-9,16,20H,10-13H2,1-5H3/t16-,20+/m0/s1. The van der Waals surface area contributed by atoms with Crippen LogP contribution in [-0.4, -0.2) is 45.2 Å². The van der Waals surface area contributed by atoms with Gasteiger partial charge >= 0.3 is 5.69 Å². The van der Waals surface area contributed by atoms with Gasteiger partial charge in [0.15, 0.2) is 0 Å². The Balaban J connectivity index is 1.36. The first-order chi connectivity index (χ1) is 15.0.